The van der Waals surface area contributed by atoms with E-state index in [1.54, 1.807) is 29.7 Å². The molecule has 0 unspecified atom stereocenters. The Morgan fingerprint density at radius 3 is 2.90 bits per heavy atom. The van der Waals surface area contributed by atoms with Gasteiger partial charge < -0.3 is 10.6 Å². The third-order valence-electron chi connectivity index (χ3n) is 2.73. The second-order valence-corrected chi connectivity index (χ2v) is 5.42. The number of hydrogen-bond donors (Lipinski definition) is 2. The van der Waals surface area contributed by atoms with Crippen LogP contribution in [0.2, 0.25) is 0 Å². The smallest absolute Gasteiger partial charge is 0.251 e. The summed E-state index contributed by atoms with van der Waals surface area (Å²) >= 11 is 1.63. The molecule has 0 aliphatic carbocycles. The molecule has 0 aliphatic rings. The molecule has 0 saturated heterocycles. The molecule has 20 heavy (non-hydrogen) atoms. The normalized spacial score (nSPS) is 10.3. The fraction of sp³-hybridized carbons (Fsp3) is 0.357. The second-order valence-electron chi connectivity index (χ2n) is 4.22. The highest BCUT2D eigenvalue weighted by Crippen LogP contribution is 2.13. The minimum atomic E-state index is -0.111. The SMILES string of the molecule is CCNc1cc(C(=O)NCc2ncc(CC)s2)ccn1. The number of anilines is 1. The van der Waals surface area contributed by atoms with Gasteiger partial charge in [-0.25, -0.2) is 9.97 Å². The van der Waals surface area contributed by atoms with E-state index in [1.807, 2.05) is 13.1 Å². The molecule has 0 radical (unpaired) electrons. The standard InChI is InChI=1S/C14H18N4OS/c1-3-11-8-17-13(20-11)9-18-14(19)10-5-6-16-12(7-10)15-4-2/h5-8H,3-4,9H2,1-2H3,(H,15,16)(H,18,19). The highest BCUT2D eigenvalue weighted by atomic mass is 32.1. The lowest BCUT2D eigenvalue weighted by atomic mass is 10.2. The van der Waals surface area contributed by atoms with Crippen molar-refractivity contribution in [2.75, 3.05) is 11.9 Å². The molecule has 2 rings (SSSR count). The molecule has 1 amide bonds. The molecule has 0 saturated carbocycles. The van der Waals surface area contributed by atoms with Gasteiger partial charge in [-0.05, 0) is 25.5 Å². The lowest BCUT2D eigenvalue weighted by Crippen LogP contribution is -2.22. The molecular weight excluding hydrogens is 272 g/mol. The summed E-state index contributed by atoms with van der Waals surface area (Å²) in [6.45, 7) is 5.32. The van der Waals surface area contributed by atoms with Crippen LogP contribution in [0.4, 0.5) is 5.82 Å². The van der Waals surface area contributed by atoms with Crippen molar-refractivity contribution in [3.63, 3.8) is 0 Å². The molecule has 0 atom stereocenters. The van der Waals surface area contributed by atoms with Crippen LogP contribution in [0.1, 0.15) is 34.1 Å². The van der Waals surface area contributed by atoms with E-state index in [9.17, 15) is 4.79 Å². The topological polar surface area (TPSA) is 66.9 Å². The number of nitrogens with one attached hydrogen (secondary N) is 2. The Bertz CT molecular complexity index is 582. The Kier molecular flexibility index (Phi) is 5.06. The number of rotatable bonds is 6. The molecule has 5 nitrogen and oxygen atoms in total. The van der Waals surface area contributed by atoms with E-state index in [1.165, 1.54) is 4.88 Å². The van der Waals surface area contributed by atoms with E-state index in [0.717, 1.165) is 18.0 Å². The van der Waals surface area contributed by atoms with Crippen molar-refractivity contribution in [1.29, 1.82) is 0 Å². The molecule has 0 spiro atoms. The van der Waals surface area contributed by atoms with Crippen LogP contribution in [0, 0.1) is 0 Å². The van der Waals surface area contributed by atoms with E-state index >= 15 is 0 Å². The summed E-state index contributed by atoms with van der Waals surface area (Å²) in [4.78, 5) is 21.7. The van der Waals surface area contributed by atoms with Gasteiger partial charge in [0.1, 0.15) is 10.8 Å². The summed E-state index contributed by atoms with van der Waals surface area (Å²) in [7, 11) is 0. The van der Waals surface area contributed by atoms with Gasteiger partial charge >= 0.3 is 0 Å². The second kappa shape index (κ2) is 7.00. The zero-order valence-electron chi connectivity index (χ0n) is 11.6. The van der Waals surface area contributed by atoms with E-state index < -0.39 is 0 Å². The van der Waals surface area contributed by atoms with Gasteiger partial charge in [-0.1, -0.05) is 6.92 Å². The van der Waals surface area contributed by atoms with Crippen molar-refractivity contribution >= 4 is 23.1 Å². The number of aromatic nitrogens is 2. The lowest BCUT2D eigenvalue weighted by molar-refractivity contribution is 0.0951. The van der Waals surface area contributed by atoms with Crippen molar-refractivity contribution in [2.45, 2.75) is 26.8 Å². The van der Waals surface area contributed by atoms with Gasteiger partial charge in [0, 0.05) is 29.4 Å². The molecule has 0 aliphatic heterocycles. The van der Waals surface area contributed by atoms with E-state index in [-0.39, 0.29) is 5.91 Å². The zero-order valence-corrected chi connectivity index (χ0v) is 12.5. The molecule has 2 N–H and O–H groups in total. The maximum atomic E-state index is 12.1. The van der Waals surface area contributed by atoms with Crippen LogP contribution in [0.15, 0.2) is 24.5 Å². The van der Waals surface area contributed by atoms with Crippen molar-refractivity contribution in [3.8, 4) is 0 Å². The first-order chi connectivity index (χ1) is 9.72. The van der Waals surface area contributed by atoms with Crippen molar-refractivity contribution < 1.29 is 4.79 Å². The Morgan fingerprint density at radius 1 is 1.35 bits per heavy atom. The van der Waals surface area contributed by atoms with Gasteiger partial charge in [-0.3, -0.25) is 4.79 Å². The van der Waals surface area contributed by atoms with E-state index in [2.05, 4.69) is 27.5 Å². The van der Waals surface area contributed by atoms with Gasteiger partial charge in [0.05, 0.1) is 6.54 Å². The monoisotopic (exact) mass is 290 g/mol. The number of amides is 1. The third kappa shape index (κ3) is 3.77. The molecular formula is C14H18N4OS. The van der Waals surface area contributed by atoms with Crippen molar-refractivity contribution in [3.05, 3.63) is 40.0 Å². The Labute approximate surface area is 122 Å². The van der Waals surface area contributed by atoms with Crippen LogP contribution in [-0.4, -0.2) is 22.4 Å². The van der Waals surface area contributed by atoms with Crippen molar-refractivity contribution in [1.82, 2.24) is 15.3 Å². The molecule has 106 valence electrons. The Balaban J connectivity index is 1.95. The maximum Gasteiger partial charge on any atom is 0.251 e. The number of nitrogens with zero attached hydrogens (tertiary/aromatic N) is 2. The fourth-order valence-corrected chi connectivity index (χ4v) is 2.50. The quantitative estimate of drug-likeness (QED) is 0.857. The van der Waals surface area contributed by atoms with Gasteiger partial charge in [0.2, 0.25) is 0 Å². The predicted molar refractivity (Wildman–Crippen MR) is 81.1 cm³/mol. The van der Waals surface area contributed by atoms with E-state index in [0.29, 0.717) is 17.9 Å². The number of pyridine rings is 1. The summed E-state index contributed by atoms with van der Waals surface area (Å²) in [5, 5.41) is 6.89. The van der Waals surface area contributed by atoms with Gasteiger partial charge in [-0.2, -0.15) is 0 Å². The third-order valence-corrected chi connectivity index (χ3v) is 3.87. The molecule has 2 aromatic heterocycles. The van der Waals surface area contributed by atoms with Crippen LogP contribution in [-0.2, 0) is 13.0 Å². The highest BCUT2D eigenvalue weighted by Gasteiger charge is 2.08. The van der Waals surface area contributed by atoms with Gasteiger partial charge in [0.25, 0.3) is 5.91 Å². The lowest BCUT2D eigenvalue weighted by Gasteiger charge is -2.06. The first-order valence-electron chi connectivity index (χ1n) is 6.64. The zero-order chi connectivity index (χ0) is 14.4. The van der Waals surface area contributed by atoms with Crippen LogP contribution in [0.3, 0.4) is 0 Å². The van der Waals surface area contributed by atoms with Crippen LogP contribution in [0.25, 0.3) is 0 Å². The van der Waals surface area contributed by atoms with Crippen LogP contribution < -0.4 is 10.6 Å². The predicted octanol–water partition coefficient (Wildman–Crippen LogP) is 2.46. The molecule has 0 fully saturated rings. The minimum absolute atomic E-state index is 0.111. The molecule has 0 bridgehead atoms. The first-order valence-corrected chi connectivity index (χ1v) is 7.46. The summed E-state index contributed by atoms with van der Waals surface area (Å²) in [5.74, 6) is 0.600. The summed E-state index contributed by atoms with van der Waals surface area (Å²) in [6, 6.07) is 3.45. The average molecular weight is 290 g/mol. The number of carbonyl (C=O) groups excluding carboxylic acids is 1. The van der Waals surface area contributed by atoms with Gasteiger partial charge in [0.15, 0.2) is 0 Å². The summed E-state index contributed by atoms with van der Waals surface area (Å²) < 4.78 is 0. The van der Waals surface area contributed by atoms with Gasteiger partial charge in [-0.15, -0.1) is 11.3 Å². The summed E-state index contributed by atoms with van der Waals surface area (Å²) in [5.41, 5.74) is 0.600. The fourth-order valence-electron chi connectivity index (χ4n) is 1.70. The molecule has 0 aromatic carbocycles. The average Bonchev–Trinajstić information content (AvgIpc) is 2.93. The van der Waals surface area contributed by atoms with Crippen LogP contribution in [0.5, 0.6) is 0 Å². The number of thiazole rings is 1. The molecule has 2 aromatic rings. The summed E-state index contributed by atoms with van der Waals surface area (Å²) in [6.07, 6.45) is 4.47. The molecule has 2 heterocycles. The van der Waals surface area contributed by atoms with Crippen molar-refractivity contribution in [2.24, 2.45) is 0 Å². The molecule has 6 heteroatoms. The van der Waals surface area contributed by atoms with E-state index in [4.69, 9.17) is 0 Å². The van der Waals surface area contributed by atoms with Crippen LogP contribution >= 0.6 is 11.3 Å². The highest BCUT2D eigenvalue weighted by molar-refractivity contribution is 7.11. The largest absolute Gasteiger partial charge is 0.370 e. The number of carbonyl (C=O) groups is 1. The number of aryl methyl sites for hydroxylation is 1. The first kappa shape index (κ1) is 14.5. The minimum Gasteiger partial charge on any atom is -0.370 e. The Hall–Kier alpha value is -1.95. The maximum absolute atomic E-state index is 12.1. The number of hydrogen-bond acceptors (Lipinski definition) is 5. The Morgan fingerprint density at radius 2 is 2.20 bits per heavy atom.